The van der Waals surface area contributed by atoms with Crippen molar-refractivity contribution >= 4 is 28.5 Å². The van der Waals surface area contributed by atoms with Crippen LogP contribution < -0.4 is 21.2 Å². The summed E-state index contributed by atoms with van der Waals surface area (Å²) in [6.45, 7) is 0. The zero-order chi connectivity index (χ0) is 17.0. The molecule has 0 aromatic heterocycles. The van der Waals surface area contributed by atoms with Gasteiger partial charge in [-0.2, -0.15) is 0 Å². The zero-order valence-electron chi connectivity index (χ0n) is 14.8. The van der Waals surface area contributed by atoms with Crippen molar-refractivity contribution in [1.82, 2.24) is 0 Å². The van der Waals surface area contributed by atoms with E-state index in [2.05, 4.69) is 121 Å². The summed E-state index contributed by atoms with van der Waals surface area (Å²) in [6, 6.07) is 43.8. The van der Waals surface area contributed by atoms with Gasteiger partial charge in [0.15, 0.2) is 0 Å². The van der Waals surface area contributed by atoms with Crippen LogP contribution in [0.4, 0.5) is 9.41 Å². The van der Waals surface area contributed by atoms with E-state index in [4.69, 9.17) is 0 Å². The Morgan fingerprint density at radius 3 is 0.667 bits per heavy atom. The Hall–Kier alpha value is -2.83. The first-order valence-corrected chi connectivity index (χ1v) is 10.3. The Balaban J connectivity index is 0.00000131. The Bertz CT molecular complexity index is 763. The van der Waals surface area contributed by atoms with E-state index in [-0.39, 0.29) is 9.41 Å². The molecule has 4 aromatic rings. The van der Waals surface area contributed by atoms with Crippen molar-refractivity contribution in [2.45, 2.75) is 0 Å². The van der Waals surface area contributed by atoms with Crippen molar-refractivity contribution in [1.29, 1.82) is 0 Å². The Labute approximate surface area is 159 Å². The molecule has 27 heavy (non-hydrogen) atoms. The molecule has 4 rings (SSSR count). The number of benzene rings is 4. The monoisotopic (exact) mass is 379 g/mol. The predicted octanol–water partition coefficient (Wildman–Crippen LogP) is 4.61. The van der Waals surface area contributed by atoms with Gasteiger partial charge in [0.2, 0.25) is 0 Å². The Morgan fingerprint density at radius 2 is 0.481 bits per heavy atom. The summed E-state index contributed by atoms with van der Waals surface area (Å²) in [6.07, 6.45) is 0. The molecule has 136 valence electrons. The average molecular weight is 379 g/mol. The lowest BCUT2D eigenvalue weighted by molar-refractivity contribution is 1.11. The molecule has 0 atom stereocenters. The minimum Gasteiger partial charge on any atom is -0.269 e. The van der Waals surface area contributed by atoms with E-state index in [1.165, 1.54) is 21.2 Å². The third kappa shape index (κ3) is 3.67. The zero-order valence-corrected chi connectivity index (χ0v) is 15.7. The van der Waals surface area contributed by atoms with Gasteiger partial charge in [-0.1, -0.05) is 72.8 Å². The highest BCUT2D eigenvalue weighted by atomic mass is 31.2. The highest BCUT2D eigenvalue weighted by Crippen LogP contribution is 2.53. The first-order valence-electron chi connectivity index (χ1n) is 8.54. The van der Waals surface area contributed by atoms with Crippen molar-refractivity contribution in [2.24, 2.45) is 0 Å². The third-order valence-electron chi connectivity index (χ3n) is 4.57. The van der Waals surface area contributed by atoms with Crippen LogP contribution in [0.5, 0.6) is 0 Å². The van der Waals surface area contributed by atoms with Crippen LogP contribution in [0.3, 0.4) is 0 Å². The van der Waals surface area contributed by atoms with Crippen molar-refractivity contribution in [2.75, 3.05) is 0 Å². The molecule has 0 aliphatic carbocycles. The number of rotatable bonds is 4. The Kier molecular flexibility index (Phi) is 6.98. The molecule has 0 saturated carbocycles. The summed E-state index contributed by atoms with van der Waals surface area (Å²) in [5, 5.41) is 5.55. The minimum absolute atomic E-state index is 0. The normalized spacial score (nSPS) is 10.4. The summed E-state index contributed by atoms with van der Waals surface area (Å²) in [4.78, 5) is 0. The molecular formula is C24H22F2P+. The lowest BCUT2D eigenvalue weighted by Gasteiger charge is -2.27. The summed E-state index contributed by atoms with van der Waals surface area (Å²) in [5.74, 6) is 0. The number of hydrogen-bond donors (Lipinski definition) is 0. The smallest absolute Gasteiger partial charge is 0.144 e. The third-order valence-corrected chi connectivity index (χ3v) is 8.86. The quantitative estimate of drug-likeness (QED) is 0.454. The summed E-state index contributed by atoms with van der Waals surface area (Å²) in [5.41, 5.74) is 0. The van der Waals surface area contributed by atoms with Gasteiger partial charge in [0.1, 0.15) is 28.5 Å². The molecule has 0 N–H and O–H groups in total. The van der Waals surface area contributed by atoms with Gasteiger partial charge in [0, 0.05) is 0 Å². The number of hydrogen-bond acceptors (Lipinski definition) is 0. The molecule has 3 heteroatoms. The van der Waals surface area contributed by atoms with E-state index in [0.717, 1.165) is 0 Å². The van der Waals surface area contributed by atoms with Gasteiger partial charge in [0.25, 0.3) is 0 Å². The fraction of sp³-hybridized carbons (Fsp3) is 0. The largest absolute Gasteiger partial charge is 0.269 e. The van der Waals surface area contributed by atoms with Gasteiger partial charge in [0.05, 0.1) is 0 Å². The van der Waals surface area contributed by atoms with E-state index in [0.29, 0.717) is 0 Å². The van der Waals surface area contributed by atoms with Crippen molar-refractivity contribution in [3.63, 3.8) is 0 Å². The predicted molar refractivity (Wildman–Crippen MR) is 116 cm³/mol. The van der Waals surface area contributed by atoms with E-state index in [1.807, 2.05) is 0 Å². The van der Waals surface area contributed by atoms with Crippen LogP contribution in [0.1, 0.15) is 0 Å². The molecule has 0 saturated heterocycles. The molecule has 0 aliphatic rings. The highest BCUT2D eigenvalue weighted by Gasteiger charge is 2.47. The first-order chi connectivity index (χ1) is 12.4. The molecule has 0 heterocycles. The summed E-state index contributed by atoms with van der Waals surface area (Å²) in [7, 11) is -1.91. The lowest BCUT2D eigenvalue weighted by Crippen LogP contribution is -2.38. The van der Waals surface area contributed by atoms with E-state index < -0.39 is 7.26 Å². The van der Waals surface area contributed by atoms with Gasteiger partial charge in [-0.3, -0.25) is 9.41 Å². The van der Waals surface area contributed by atoms with Crippen LogP contribution in [0, 0.1) is 0 Å². The van der Waals surface area contributed by atoms with E-state index in [1.54, 1.807) is 0 Å². The summed E-state index contributed by atoms with van der Waals surface area (Å²) >= 11 is 0. The SMILES string of the molecule is F.F.c1ccc([P+](c2ccccc2)(c2ccccc2)c2ccccc2)cc1. The van der Waals surface area contributed by atoms with Crippen molar-refractivity contribution in [3.8, 4) is 0 Å². The maximum absolute atomic E-state index is 2.28. The Morgan fingerprint density at radius 1 is 0.296 bits per heavy atom. The van der Waals surface area contributed by atoms with Gasteiger partial charge in [-0.05, 0) is 48.5 Å². The fourth-order valence-electron chi connectivity index (χ4n) is 3.50. The second kappa shape index (κ2) is 9.21. The van der Waals surface area contributed by atoms with Gasteiger partial charge >= 0.3 is 0 Å². The molecule has 0 fully saturated rings. The topological polar surface area (TPSA) is 0 Å². The molecule has 4 aromatic carbocycles. The van der Waals surface area contributed by atoms with Gasteiger partial charge in [-0.25, -0.2) is 0 Å². The second-order valence-electron chi connectivity index (χ2n) is 6.01. The molecule has 0 spiro atoms. The van der Waals surface area contributed by atoms with Crippen LogP contribution in [0.15, 0.2) is 121 Å². The van der Waals surface area contributed by atoms with Crippen molar-refractivity contribution in [3.05, 3.63) is 121 Å². The fourth-order valence-corrected chi connectivity index (χ4v) is 7.77. The molecule has 0 nitrogen and oxygen atoms in total. The maximum Gasteiger partial charge on any atom is 0.144 e. The second-order valence-corrected chi connectivity index (χ2v) is 9.42. The van der Waals surface area contributed by atoms with Crippen LogP contribution in [0.25, 0.3) is 0 Å². The van der Waals surface area contributed by atoms with Gasteiger partial charge < -0.3 is 0 Å². The summed E-state index contributed by atoms with van der Waals surface area (Å²) < 4.78 is 0. The van der Waals surface area contributed by atoms with Crippen LogP contribution in [-0.4, -0.2) is 0 Å². The molecule has 0 amide bonds. The first kappa shape index (κ1) is 20.5. The molecule has 0 unspecified atom stereocenters. The molecule has 0 radical (unpaired) electrons. The van der Waals surface area contributed by atoms with Crippen LogP contribution in [-0.2, 0) is 0 Å². The van der Waals surface area contributed by atoms with E-state index in [9.17, 15) is 0 Å². The maximum atomic E-state index is 2.28. The lowest BCUT2D eigenvalue weighted by atomic mass is 10.3. The molecule has 0 aliphatic heterocycles. The standard InChI is InChI=1S/C24H20P.2FH/c1-5-13-21(14-6-1)25(22-15-7-2-8-16-22,23-17-9-3-10-18-23)24-19-11-4-12-20-24;;/h1-20H;2*1H/q+1;;. The molecule has 0 bridgehead atoms. The minimum atomic E-state index is -1.91. The van der Waals surface area contributed by atoms with Crippen LogP contribution >= 0.6 is 7.26 Å². The van der Waals surface area contributed by atoms with Gasteiger partial charge in [-0.15, -0.1) is 0 Å². The van der Waals surface area contributed by atoms with E-state index >= 15 is 0 Å². The average Bonchev–Trinajstić information content (AvgIpc) is 2.72. The van der Waals surface area contributed by atoms with Crippen LogP contribution in [0.2, 0.25) is 0 Å². The van der Waals surface area contributed by atoms with Crippen molar-refractivity contribution < 1.29 is 9.41 Å². The highest BCUT2D eigenvalue weighted by molar-refractivity contribution is 8.01. The molecular weight excluding hydrogens is 357 g/mol. The number of halogens is 2.